The Kier molecular flexibility index (Phi) is 6.09. The molecule has 166 valence electrons. The van der Waals surface area contributed by atoms with Gasteiger partial charge in [-0.1, -0.05) is 30.3 Å². The maximum atomic E-state index is 6.18. The first-order valence-electron chi connectivity index (χ1n) is 10.7. The number of hydrogen-bond acceptors (Lipinski definition) is 4. The van der Waals surface area contributed by atoms with E-state index in [0.29, 0.717) is 17.1 Å². The number of aromatic nitrogens is 4. The number of nitrogens with zero attached hydrogens (tertiary/aromatic N) is 4. The highest BCUT2D eigenvalue weighted by atomic mass is 35.5. The predicted molar refractivity (Wildman–Crippen MR) is 130 cm³/mol. The van der Waals surface area contributed by atoms with Gasteiger partial charge in [0.15, 0.2) is 0 Å². The molecule has 0 spiro atoms. The number of imidazole rings is 1. The van der Waals surface area contributed by atoms with E-state index in [2.05, 4.69) is 34.7 Å². The van der Waals surface area contributed by atoms with Gasteiger partial charge in [-0.25, -0.2) is 9.67 Å². The lowest BCUT2D eigenvalue weighted by Gasteiger charge is -2.21. The summed E-state index contributed by atoms with van der Waals surface area (Å²) in [5.74, 6) is 0.980. The molecule has 0 saturated heterocycles. The minimum atomic E-state index is -0.310. The molecule has 0 fully saturated rings. The van der Waals surface area contributed by atoms with E-state index >= 15 is 0 Å². The van der Waals surface area contributed by atoms with Crippen molar-refractivity contribution < 1.29 is 4.84 Å². The Morgan fingerprint density at radius 3 is 2.69 bits per heavy atom. The van der Waals surface area contributed by atoms with Gasteiger partial charge >= 0.3 is 0 Å². The average Bonchev–Trinajstić information content (AvgIpc) is 3.35. The van der Waals surface area contributed by atoms with Crippen molar-refractivity contribution in [2.75, 3.05) is 0 Å². The highest BCUT2D eigenvalue weighted by molar-refractivity contribution is 6.30. The van der Waals surface area contributed by atoms with E-state index in [-0.39, 0.29) is 5.60 Å². The molecule has 2 heterocycles. The number of aryl methyl sites for hydroxylation is 1. The fourth-order valence-corrected chi connectivity index (χ4v) is 3.78. The molecule has 0 aliphatic rings. The van der Waals surface area contributed by atoms with Crippen molar-refractivity contribution in [3.8, 4) is 5.69 Å². The van der Waals surface area contributed by atoms with Crippen LogP contribution in [0.2, 0.25) is 5.02 Å². The molecule has 2 aromatic heterocycles. The first-order valence-corrected chi connectivity index (χ1v) is 11.0. The Hall–Kier alpha value is -3.09. The Labute approximate surface area is 193 Å². The van der Waals surface area contributed by atoms with E-state index in [4.69, 9.17) is 21.4 Å². The summed E-state index contributed by atoms with van der Waals surface area (Å²) in [5.41, 5.74) is 8.27. The van der Waals surface area contributed by atoms with Gasteiger partial charge in [-0.2, -0.15) is 5.10 Å². The number of hydrogen-bond donors (Lipinski definition) is 1. The normalized spacial score (nSPS) is 11.8. The van der Waals surface area contributed by atoms with Gasteiger partial charge in [-0.15, -0.1) is 0 Å². The lowest BCUT2D eigenvalue weighted by molar-refractivity contribution is -0.0469. The Bertz CT molecular complexity index is 1270. The van der Waals surface area contributed by atoms with Crippen LogP contribution in [0.5, 0.6) is 0 Å². The SMILES string of the molecule is C=C(NOC(C)(C)C)c1ccc2c(c1)nc(Cc1ccnn1-c1cccc(Cl)c1)n2CC. The van der Waals surface area contributed by atoms with E-state index in [1.807, 2.05) is 67.9 Å². The van der Waals surface area contributed by atoms with Gasteiger partial charge in [0.05, 0.1) is 33.7 Å². The van der Waals surface area contributed by atoms with Crippen molar-refractivity contribution >= 4 is 28.3 Å². The maximum absolute atomic E-state index is 6.18. The van der Waals surface area contributed by atoms with Crippen molar-refractivity contribution in [3.05, 3.63) is 83.4 Å². The first kappa shape index (κ1) is 22.1. The molecule has 32 heavy (non-hydrogen) atoms. The Balaban J connectivity index is 1.64. The van der Waals surface area contributed by atoms with Crippen LogP contribution in [0.25, 0.3) is 22.4 Å². The minimum absolute atomic E-state index is 0.310. The lowest BCUT2D eigenvalue weighted by Crippen LogP contribution is -2.27. The zero-order valence-electron chi connectivity index (χ0n) is 18.9. The van der Waals surface area contributed by atoms with Gasteiger partial charge in [0.25, 0.3) is 0 Å². The fraction of sp³-hybridized carbons (Fsp3) is 0.280. The van der Waals surface area contributed by atoms with Crippen LogP contribution in [0.4, 0.5) is 0 Å². The molecule has 0 amide bonds. The van der Waals surface area contributed by atoms with Crippen LogP contribution in [0.15, 0.2) is 61.3 Å². The summed E-state index contributed by atoms with van der Waals surface area (Å²) in [6, 6.07) is 15.9. The molecule has 0 radical (unpaired) electrons. The van der Waals surface area contributed by atoms with Gasteiger partial charge in [0, 0.05) is 29.7 Å². The van der Waals surface area contributed by atoms with Crippen molar-refractivity contribution in [2.45, 2.75) is 46.3 Å². The molecule has 1 N–H and O–H groups in total. The summed E-state index contributed by atoms with van der Waals surface area (Å²) in [5, 5.41) is 5.18. The van der Waals surface area contributed by atoms with Gasteiger partial charge in [0.1, 0.15) is 5.82 Å². The summed E-state index contributed by atoms with van der Waals surface area (Å²) in [7, 11) is 0. The molecule has 0 aliphatic heterocycles. The van der Waals surface area contributed by atoms with Crippen molar-refractivity contribution in [1.29, 1.82) is 0 Å². The quantitative estimate of drug-likeness (QED) is 0.363. The first-order chi connectivity index (χ1) is 15.2. The Morgan fingerprint density at radius 1 is 1.16 bits per heavy atom. The second-order valence-electron chi connectivity index (χ2n) is 8.66. The molecule has 4 rings (SSSR count). The molecule has 6 nitrogen and oxygen atoms in total. The van der Waals surface area contributed by atoms with Gasteiger partial charge in [-0.3, -0.25) is 10.3 Å². The highest BCUT2D eigenvalue weighted by Crippen LogP contribution is 2.24. The van der Waals surface area contributed by atoms with E-state index < -0.39 is 0 Å². The molecule has 0 saturated carbocycles. The molecule has 0 aliphatic carbocycles. The molecule has 0 atom stereocenters. The van der Waals surface area contributed by atoms with Crippen LogP contribution < -0.4 is 5.48 Å². The van der Waals surface area contributed by atoms with Gasteiger partial charge in [0.2, 0.25) is 0 Å². The average molecular weight is 450 g/mol. The fourth-order valence-electron chi connectivity index (χ4n) is 3.60. The van der Waals surface area contributed by atoms with Crippen molar-refractivity contribution in [1.82, 2.24) is 24.8 Å². The standard InChI is InChI=1S/C25H28ClN5O/c1-6-30-23-11-10-18(17(2)29-32-25(3,4)5)14-22(23)28-24(30)16-21-12-13-27-31(21)20-9-7-8-19(26)15-20/h7-15,29H,2,6,16H2,1,3-5H3. The van der Waals surface area contributed by atoms with Crippen LogP contribution in [0.1, 0.15) is 44.8 Å². The second-order valence-corrected chi connectivity index (χ2v) is 9.10. The van der Waals surface area contributed by atoms with Crippen molar-refractivity contribution in [2.24, 2.45) is 0 Å². The number of benzene rings is 2. The van der Waals surface area contributed by atoms with Crippen LogP contribution in [-0.2, 0) is 17.8 Å². The summed E-state index contributed by atoms with van der Waals surface area (Å²) in [4.78, 5) is 10.6. The van der Waals surface area contributed by atoms with Crippen LogP contribution in [-0.4, -0.2) is 24.9 Å². The smallest absolute Gasteiger partial charge is 0.115 e. The third-order valence-corrected chi connectivity index (χ3v) is 5.32. The largest absolute Gasteiger partial charge is 0.328 e. The van der Waals surface area contributed by atoms with Gasteiger partial charge in [-0.05, 0) is 64.1 Å². The topological polar surface area (TPSA) is 56.9 Å². The number of rotatable bonds is 7. The zero-order chi connectivity index (χ0) is 22.9. The molecule has 4 aromatic rings. The summed E-state index contributed by atoms with van der Waals surface area (Å²) < 4.78 is 4.14. The highest BCUT2D eigenvalue weighted by Gasteiger charge is 2.16. The van der Waals surface area contributed by atoms with E-state index in [1.165, 1.54) is 0 Å². The predicted octanol–water partition coefficient (Wildman–Crippen LogP) is 5.78. The number of hydroxylamine groups is 1. The summed E-state index contributed by atoms with van der Waals surface area (Å²) in [6.45, 7) is 13.0. The van der Waals surface area contributed by atoms with Gasteiger partial charge < -0.3 is 4.57 Å². The molecule has 2 aromatic carbocycles. The number of halogens is 1. The van der Waals surface area contributed by atoms with Crippen LogP contribution in [0, 0.1) is 0 Å². The molecule has 0 unspecified atom stereocenters. The minimum Gasteiger partial charge on any atom is -0.328 e. The van der Waals surface area contributed by atoms with E-state index in [9.17, 15) is 0 Å². The van der Waals surface area contributed by atoms with E-state index in [1.54, 1.807) is 6.20 Å². The summed E-state index contributed by atoms with van der Waals surface area (Å²) in [6.07, 6.45) is 2.45. The summed E-state index contributed by atoms with van der Waals surface area (Å²) >= 11 is 6.18. The van der Waals surface area contributed by atoms with Crippen molar-refractivity contribution in [3.63, 3.8) is 0 Å². The molecular formula is C25H28ClN5O. The second kappa shape index (κ2) is 8.81. The van der Waals surface area contributed by atoms with Crippen LogP contribution in [0.3, 0.4) is 0 Å². The van der Waals surface area contributed by atoms with Crippen LogP contribution >= 0.6 is 11.6 Å². The third-order valence-electron chi connectivity index (χ3n) is 5.09. The zero-order valence-corrected chi connectivity index (χ0v) is 19.6. The molecule has 0 bridgehead atoms. The lowest BCUT2D eigenvalue weighted by atomic mass is 10.1. The molecular weight excluding hydrogens is 422 g/mol. The number of nitrogens with one attached hydrogen (secondary N) is 1. The van der Waals surface area contributed by atoms with E-state index in [0.717, 1.165) is 40.3 Å². The monoisotopic (exact) mass is 449 g/mol. The maximum Gasteiger partial charge on any atom is 0.115 e. The third kappa shape index (κ3) is 4.71. The molecule has 7 heteroatoms. The Morgan fingerprint density at radius 2 is 1.97 bits per heavy atom. The number of fused-ring (bicyclic) bond motifs is 1.